The average molecular weight is 340 g/mol. The Kier molecular flexibility index (Phi) is 4.17. The van der Waals surface area contributed by atoms with Crippen molar-refractivity contribution in [2.45, 2.75) is 6.42 Å². The Bertz CT molecular complexity index is 839. The van der Waals surface area contributed by atoms with E-state index in [1.807, 2.05) is 30.3 Å². The van der Waals surface area contributed by atoms with E-state index in [0.29, 0.717) is 5.15 Å². The highest BCUT2D eigenvalue weighted by Gasteiger charge is 2.18. The van der Waals surface area contributed by atoms with Crippen LogP contribution in [0, 0.1) is 0 Å². The lowest BCUT2D eigenvalue weighted by molar-refractivity contribution is 0.785. The van der Waals surface area contributed by atoms with Gasteiger partial charge in [-0.3, -0.25) is 0 Å². The summed E-state index contributed by atoms with van der Waals surface area (Å²) in [5.41, 5.74) is 0. The van der Waals surface area contributed by atoms with Crippen LogP contribution in [0.25, 0.3) is 10.8 Å². The summed E-state index contributed by atoms with van der Waals surface area (Å²) in [6.07, 6.45) is 2.75. The molecule has 0 bridgehead atoms. The molecular formula is C18H18ClN5. The van der Waals surface area contributed by atoms with Gasteiger partial charge in [0.15, 0.2) is 5.82 Å². The van der Waals surface area contributed by atoms with Crippen molar-refractivity contribution in [3.63, 3.8) is 0 Å². The van der Waals surface area contributed by atoms with Crippen molar-refractivity contribution in [2.75, 3.05) is 36.0 Å². The van der Waals surface area contributed by atoms with E-state index in [-0.39, 0.29) is 0 Å². The summed E-state index contributed by atoms with van der Waals surface area (Å²) in [6.45, 7) is 3.71. The first kappa shape index (κ1) is 15.1. The SMILES string of the molecule is Clc1nc(N2CCCN(c3cccnn3)CC2)cc2ccccc12. The Morgan fingerprint density at radius 2 is 1.67 bits per heavy atom. The van der Waals surface area contributed by atoms with Crippen LogP contribution in [-0.4, -0.2) is 41.4 Å². The molecule has 3 aromatic rings. The minimum atomic E-state index is 0.568. The van der Waals surface area contributed by atoms with Crippen molar-refractivity contribution in [3.8, 4) is 0 Å². The number of anilines is 2. The van der Waals surface area contributed by atoms with Crippen LogP contribution in [0.4, 0.5) is 11.6 Å². The molecule has 0 unspecified atom stereocenters. The van der Waals surface area contributed by atoms with E-state index in [1.165, 1.54) is 0 Å². The first-order valence-corrected chi connectivity index (χ1v) is 8.52. The van der Waals surface area contributed by atoms with E-state index in [0.717, 1.165) is 55.0 Å². The third-order valence-electron chi connectivity index (χ3n) is 4.38. The summed E-state index contributed by atoms with van der Waals surface area (Å²) in [4.78, 5) is 9.18. The fourth-order valence-electron chi connectivity index (χ4n) is 3.14. The Labute approximate surface area is 145 Å². The molecular weight excluding hydrogens is 322 g/mol. The summed E-state index contributed by atoms with van der Waals surface area (Å²) < 4.78 is 0. The number of rotatable bonds is 2. The highest BCUT2D eigenvalue weighted by molar-refractivity contribution is 6.34. The van der Waals surface area contributed by atoms with Crippen LogP contribution in [0.1, 0.15) is 6.42 Å². The van der Waals surface area contributed by atoms with Gasteiger partial charge in [-0.1, -0.05) is 35.9 Å². The lowest BCUT2D eigenvalue weighted by Crippen LogP contribution is -2.31. The summed E-state index contributed by atoms with van der Waals surface area (Å²) >= 11 is 6.38. The third-order valence-corrected chi connectivity index (χ3v) is 4.67. The fourth-order valence-corrected chi connectivity index (χ4v) is 3.40. The lowest BCUT2D eigenvalue weighted by atomic mass is 10.2. The normalized spacial score (nSPS) is 15.5. The molecule has 1 aliphatic heterocycles. The molecule has 122 valence electrons. The second kappa shape index (κ2) is 6.61. The highest BCUT2D eigenvalue weighted by Crippen LogP contribution is 2.27. The topological polar surface area (TPSA) is 45.2 Å². The zero-order chi connectivity index (χ0) is 16.4. The Morgan fingerprint density at radius 1 is 0.875 bits per heavy atom. The van der Waals surface area contributed by atoms with Crippen LogP contribution >= 0.6 is 11.6 Å². The van der Waals surface area contributed by atoms with E-state index < -0.39 is 0 Å². The smallest absolute Gasteiger partial charge is 0.151 e. The monoisotopic (exact) mass is 339 g/mol. The summed E-state index contributed by atoms with van der Waals surface area (Å²) in [5, 5.41) is 10.9. The molecule has 0 spiro atoms. The van der Waals surface area contributed by atoms with Gasteiger partial charge < -0.3 is 9.80 Å². The van der Waals surface area contributed by atoms with Gasteiger partial charge in [0.05, 0.1) is 0 Å². The molecule has 0 atom stereocenters. The number of fused-ring (bicyclic) bond motifs is 1. The van der Waals surface area contributed by atoms with Crippen molar-refractivity contribution < 1.29 is 0 Å². The van der Waals surface area contributed by atoms with Crippen LogP contribution in [0.2, 0.25) is 5.15 Å². The molecule has 6 heteroatoms. The quantitative estimate of drug-likeness (QED) is 0.670. The average Bonchev–Trinajstić information content (AvgIpc) is 2.89. The predicted octanol–water partition coefficient (Wildman–Crippen LogP) is 3.39. The molecule has 0 N–H and O–H groups in total. The first-order chi connectivity index (χ1) is 11.8. The van der Waals surface area contributed by atoms with Gasteiger partial charge in [0.1, 0.15) is 11.0 Å². The number of halogens is 1. The first-order valence-electron chi connectivity index (χ1n) is 8.14. The van der Waals surface area contributed by atoms with E-state index >= 15 is 0 Å². The van der Waals surface area contributed by atoms with Crippen molar-refractivity contribution in [3.05, 3.63) is 53.8 Å². The van der Waals surface area contributed by atoms with Gasteiger partial charge in [-0.25, -0.2) is 4.98 Å². The largest absolute Gasteiger partial charge is 0.355 e. The molecule has 2 aromatic heterocycles. The van der Waals surface area contributed by atoms with E-state index in [1.54, 1.807) is 6.20 Å². The second-order valence-corrected chi connectivity index (χ2v) is 6.26. The molecule has 0 saturated carbocycles. The zero-order valence-corrected chi connectivity index (χ0v) is 14.0. The Morgan fingerprint density at radius 3 is 2.46 bits per heavy atom. The van der Waals surface area contributed by atoms with Gasteiger partial charge >= 0.3 is 0 Å². The molecule has 1 aliphatic rings. The lowest BCUT2D eigenvalue weighted by Gasteiger charge is -2.23. The fraction of sp³-hybridized carbons (Fsp3) is 0.278. The van der Waals surface area contributed by atoms with Crippen LogP contribution in [0.3, 0.4) is 0 Å². The molecule has 24 heavy (non-hydrogen) atoms. The summed E-state index contributed by atoms with van der Waals surface area (Å²) in [7, 11) is 0. The van der Waals surface area contributed by atoms with Gasteiger partial charge in [-0.2, -0.15) is 5.10 Å². The minimum Gasteiger partial charge on any atom is -0.355 e. The van der Waals surface area contributed by atoms with Crippen LogP contribution in [-0.2, 0) is 0 Å². The number of hydrogen-bond donors (Lipinski definition) is 0. The second-order valence-electron chi connectivity index (χ2n) is 5.90. The maximum absolute atomic E-state index is 6.38. The summed E-state index contributed by atoms with van der Waals surface area (Å²) in [5.74, 6) is 1.88. The minimum absolute atomic E-state index is 0.568. The number of pyridine rings is 1. The maximum atomic E-state index is 6.38. The van der Waals surface area contributed by atoms with Crippen molar-refractivity contribution >= 4 is 34.0 Å². The molecule has 4 rings (SSSR count). The van der Waals surface area contributed by atoms with Crippen LogP contribution in [0.5, 0.6) is 0 Å². The van der Waals surface area contributed by atoms with E-state index in [4.69, 9.17) is 11.6 Å². The molecule has 1 fully saturated rings. The number of aromatic nitrogens is 3. The van der Waals surface area contributed by atoms with E-state index in [9.17, 15) is 0 Å². The number of nitrogens with zero attached hydrogens (tertiary/aromatic N) is 5. The Balaban J connectivity index is 1.57. The predicted molar refractivity (Wildman–Crippen MR) is 97.8 cm³/mol. The van der Waals surface area contributed by atoms with E-state index in [2.05, 4.69) is 37.1 Å². The van der Waals surface area contributed by atoms with Crippen molar-refractivity contribution in [2.24, 2.45) is 0 Å². The standard InChI is InChI=1S/C18H18ClN5/c19-18-15-6-2-1-5-14(15)13-17(21-18)24-10-4-9-23(11-12-24)16-7-3-8-20-22-16/h1-3,5-8,13H,4,9-12H2. The van der Waals surface area contributed by atoms with Gasteiger partial charge in [0, 0.05) is 37.8 Å². The zero-order valence-electron chi connectivity index (χ0n) is 13.3. The van der Waals surface area contributed by atoms with Gasteiger partial charge in [0.25, 0.3) is 0 Å². The van der Waals surface area contributed by atoms with Crippen LogP contribution in [0.15, 0.2) is 48.7 Å². The molecule has 1 saturated heterocycles. The molecule has 0 radical (unpaired) electrons. The van der Waals surface area contributed by atoms with Gasteiger partial charge in [-0.15, -0.1) is 5.10 Å². The van der Waals surface area contributed by atoms with Crippen LogP contribution < -0.4 is 9.80 Å². The van der Waals surface area contributed by atoms with Crippen molar-refractivity contribution in [1.29, 1.82) is 0 Å². The van der Waals surface area contributed by atoms with Gasteiger partial charge in [-0.05, 0) is 30.0 Å². The highest BCUT2D eigenvalue weighted by atomic mass is 35.5. The molecule has 5 nitrogen and oxygen atoms in total. The molecule has 3 heterocycles. The van der Waals surface area contributed by atoms with Crippen molar-refractivity contribution in [1.82, 2.24) is 15.2 Å². The number of hydrogen-bond acceptors (Lipinski definition) is 5. The Hall–Kier alpha value is -2.40. The molecule has 0 aliphatic carbocycles. The van der Waals surface area contributed by atoms with Gasteiger partial charge in [0.2, 0.25) is 0 Å². The third kappa shape index (κ3) is 2.99. The molecule has 1 aromatic carbocycles. The number of benzene rings is 1. The summed E-state index contributed by atoms with van der Waals surface area (Å²) in [6, 6.07) is 14.2. The maximum Gasteiger partial charge on any atom is 0.151 e. The molecule has 0 amide bonds.